The van der Waals surface area contributed by atoms with Gasteiger partial charge in [0.05, 0.1) is 31.2 Å². The van der Waals surface area contributed by atoms with Crippen LogP contribution in [0.2, 0.25) is 0 Å². The topological polar surface area (TPSA) is 35.5 Å². The first kappa shape index (κ1) is 8.94. The molecule has 2 saturated heterocycles. The van der Waals surface area contributed by atoms with E-state index in [1.54, 1.807) is 0 Å². The fraction of sp³-hybridized carbons (Fsp3) is 1.00. The first-order chi connectivity index (χ1) is 5.75. The highest BCUT2D eigenvalue weighted by molar-refractivity contribution is 8.08. The number of fused-ring (bicyclic) bond motifs is 1. The molecule has 0 spiro atoms. The highest BCUT2D eigenvalue weighted by Crippen LogP contribution is 2.31. The van der Waals surface area contributed by atoms with Gasteiger partial charge in [0.15, 0.2) is 0 Å². The third kappa shape index (κ3) is 1.82. The van der Waals surface area contributed by atoms with Gasteiger partial charge in [-0.3, -0.25) is 0 Å². The van der Waals surface area contributed by atoms with Gasteiger partial charge >= 0.3 is 0 Å². The van der Waals surface area contributed by atoms with E-state index in [-0.39, 0.29) is 12.2 Å². The summed E-state index contributed by atoms with van der Waals surface area (Å²) in [5.41, 5.74) is 0. The molecule has 12 heavy (non-hydrogen) atoms. The van der Waals surface area contributed by atoms with Crippen molar-refractivity contribution in [1.29, 1.82) is 0 Å². The summed E-state index contributed by atoms with van der Waals surface area (Å²) < 4.78 is 21.5. The Balaban J connectivity index is 1.86. The summed E-state index contributed by atoms with van der Waals surface area (Å²) in [4.78, 5) is 0. The molecule has 2 rings (SSSR count). The molecule has 0 aromatic rings. The van der Waals surface area contributed by atoms with Crippen LogP contribution in [-0.4, -0.2) is 35.4 Å². The van der Waals surface area contributed by atoms with Crippen LogP contribution in [0.25, 0.3) is 0 Å². The molecule has 0 bridgehead atoms. The maximum Gasteiger partial charge on any atom is 0.117 e. The van der Waals surface area contributed by atoms with Gasteiger partial charge in [-0.2, -0.15) is 0 Å². The molecule has 2 heterocycles. The van der Waals surface area contributed by atoms with E-state index in [0.717, 1.165) is 13.0 Å². The molecule has 2 fully saturated rings. The van der Waals surface area contributed by atoms with Gasteiger partial charge in [0.2, 0.25) is 0 Å². The number of hydrogen-bond donors (Lipinski definition) is 0. The number of hydrogen-bond acceptors (Lipinski definition) is 3. The van der Waals surface area contributed by atoms with Gasteiger partial charge in [-0.25, -0.2) is 4.21 Å². The zero-order chi connectivity index (χ0) is 8.55. The highest BCUT2D eigenvalue weighted by Gasteiger charge is 2.39. The average molecular weight is 211 g/mol. The minimum atomic E-state index is -1.26. The molecule has 2 aliphatic heterocycles. The van der Waals surface area contributed by atoms with E-state index >= 15 is 0 Å². The lowest BCUT2D eigenvalue weighted by atomic mass is 10.0. The maximum atomic E-state index is 10.7. The van der Waals surface area contributed by atoms with Crippen molar-refractivity contribution in [3.63, 3.8) is 0 Å². The molecular weight excluding hydrogens is 200 g/mol. The lowest BCUT2D eigenvalue weighted by Crippen LogP contribution is -2.17. The van der Waals surface area contributed by atoms with Crippen molar-refractivity contribution >= 4 is 20.7 Å². The molecule has 2 aliphatic rings. The van der Waals surface area contributed by atoms with Crippen molar-refractivity contribution in [2.24, 2.45) is 5.92 Å². The maximum absolute atomic E-state index is 10.7. The monoisotopic (exact) mass is 210 g/mol. The molecule has 0 amide bonds. The smallest absolute Gasteiger partial charge is 0.117 e. The predicted octanol–water partition coefficient (Wildman–Crippen LogP) is 0.693. The molecule has 0 aliphatic carbocycles. The Morgan fingerprint density at radius 1 is 1.50 bits per heavy atom. The number of halogens is 1. The zero-order valence-electron chi connectivity index (χ0n) is 6.57. The summed E-state index contributed by atoms with van der Waals surface area (Å²) in [5.74, 6) is 0.962. The van der Waals surface area contributed by atoms with E-state index in [2.05, 4.69) is 0 Å². The van der Waals surface area contributed by atoms with E-state index in [9.17, 15) is 4.21 Å². The van der Waals surface area contributed by atoms with Crippen LogP contribution in [0.5, 0.6) is 0 Å². The SMILES string of the molecule is O=S(Cl)CC1C[C@@H]2COC[C@@H]2O1. The molecule has 0 saturated carbocycles. The minimum absolute atomic E-state index is 0.0854. The molecule has 70 valence electrons. The van der Waals surface area contributed by atoms with Gasteiger partial charge in [0.25, 0.3) is 0 Å². The van der Waals surface area contributed by atoms with Gasteiger partial charge in [-0.15, -0.1) is 0 Å². The number of rotatable bonds is 2. The third-order valence-electron chi connectivity index (χ3n) is 2.39. The zero-order valence-corrected chi connectivity index (χ0v) is 8.14. The van der Waals surface area contributed by atoms with Crippen LogP contribution in [-0.2, 0) is 19.5 Å². The molecule has 5 heteroatoms. The molecule has 0 aromatic heterocycles. The van der Waals surface area contributed by atoms with Crippen molar-refractivity contribution in [2.75, 3.05) is 19.0 Å². The lowest BCUT2D eigenvalue weighted by Gasteiger charge is -2.08. The van der Waals surface area contributed by atoms with Crippen molar-refractivity contribution in [1.82, 2.24) is 0 Å². The average Bonchev–Trinajstić information content (AvgIpc) is 2.43. The molecule has 0 N–H and O–H groups in total. The van der Waals surface area contributed by atoms with Crippen LogP contribution in [0, 0.1) is 5.92 Å². The van der Waals surface area contributed by atoms with E-state index in [4.69, 9.17) is 20.2 Å². The summed E-state index contributed by atoms with van der Waals surface area (Å²) in [6.07, 6.45) is 1.26. The Morgan fingerprint density at radius 3 is 3.00 bits per heavy atom. The van der Waals surface area contributed by atoms with Crippen LogP contribution in [0.4, 0.5) is 0 Å². The molecular formula is C7H11ClO3S. The number of ether oxygens (including phenoxy) is 2. The summed E-state index contributed by atoms with van der Waals surface area (Å²) in [6, 6.07) is 0. The summed E-state index contributed by atoms with van der Waals surface area (Å²) >= 11 is 0. The van der Waals surface area contributed by atoms with Gasteiger partial charge in [0.1, 0.15) is 10.0 Å². The predicted molar refractivity (Wildman–Crippen MR) is 46.4 cm³/mol. The van der Waals surface area contributed by atoms with Crippen LogP contribution in [0.1, 0.15) is 6.42 Å². The standard InChI is InChI=1S/C7H11ClO3S/c8-12(9)4-6-1-5-2-10-3-7(5)11-6/h5-7H,1-4H2/t5-,6?,7+,12?/m1/s1. The minimum Gasteiger partial charge on any atom is -0.378 e. The second-order valence-electron chi connectivity index (χ2n) is 3.29. The van der Waals surface area contributed by atoms with Crippen LogP contribution < -0.4 is 0 Å². The summed E-state index contributed by atoms with van der Waals surface area (Å²) in [5, 5.41) is 0. The fourth-order valence-electron chi connectivity index (χ4n) is 1.84. The van der Waals surface area contributed by atoms with Gasteiger partial charge < -0.3 is 9.47 Å². The van der Waals surface area contributed by atoms with Crippen molar-refractivity contribution < 1.29 is 13.7 Å². The molecule has 0 aromatic carbocycles. The van der Waals surface area contributed by atoms with Gasteiger partial charge in [-0.05, 0) is 17.1 Å². The molecule has 2 unspecified atom stereocenters. The highest BCUT2D eigenvalue weighted by atomic mass is 35.7. The van der Waals surface area contributed by atoms with Crippen molar-refractivity contribution in [2.45, 2.75) is 18.6 Å². The second-order valence-corrected chi connectivity index (χ2v) is 5.23. The fourth-order valence-corrected chi connectivity index (χ4v) is 2.77. The Hall–Kier alpha value is 0.360. The van der Waals surface area contributed by atoms with E-state index in [0.29, 0.717) is 18.3 Å². The molecule has 4 atom stereocenters. The van der Waals surface area contributed by atoms with Crippen LogP contribution in [0.15, 0.2) is 0 Å². The Labute approximate surface area is 78.3 Å². The Morgan fingerprint density at radius 2 is 2.33 bits per heavy atom. The third-order valence-corrected chi connectivity index (χ3v) is 3.40. The Bertz CT molecular complexity index is 187. The second kappa shape index (κ2) is 3.62. The first-order valence-electron chi connectivity index (χ1n) is 4.03. The van der Waals surface area contributed by atoms with E-state index in [1.807, 2.05) is 0 Å². The molecule has 3 nitrogen and oxygen atoms in total. The van der Waals surface area contributed by atoms with Gasteiger partial charge in [0, 0.05) is 5.92 Å². The van der Waals surface area contributed by atoms with E-state index in [1.165, 1.54) is 0 Å². The van der Waals surface area contributed by atoms with Crippen molar-refractivity contribution in [3.05, 3.63) is 0 Å². The largest absolute Gasteiger partial charge is 0.378 e. The quantitative estimate of drug-likeness (QED) is 0.630. The van der Waals surface area contributed by atoms with Gasteiger partial charge in [-0.1, -0.05) is 0 Å². The summed E-state index contributed by atoms with van der Waals surface area (Å²) in [6.45, 7) is 1.48. The lowest BCUT2D eigenvalue weighted by molar-refractivity contribution is 0.0304. The Kier molecular flexibility index (Phi) is 2.69. The summed E-state index contributed by atoms with van der Waals surface area (Å²) in [7, 11) is 4.12. The van der Waals surface area contributed by atoms with Crippen LogP contribution in [0.3, 0.4) is 0 Å². The molecule has 0 radical (unpaired) electrons. The first-order valence-corrected chi connectivity index (χ1v) is 6.18. The normalized spacial score (nSPS) is 42.9. The van der Waals surface area contributed by atoms with Crippen LogP contribution >= 0.6 is 10.7 Å². The van der Waals surface area contributed by atoms with E-state index < -0.39 is 10.0 Å². The van der Waals surface area contributed by atoms with Crippen molar-refractivity contribution in [3.8, 4) is 0 Å².